The van der Waals surface area contributed by atoms with Crippen molar-refractivity contribution < 1.29 is 18.6 Å². The topological polar surface area (TPSA) is 57.9 Å². The number of fused-ring (bicyclic) bond motifs is 1. The fraction of sp³-hybridized carbons (Fsp3) is 0.609. The van der Waals surface area contributed by atoms with E-state index in [1.54, 1.807) is 19.2 Å². The zero-order valence-corrected chi connectivity index (χ0v) is 17.7. The summed E-state index contributed by atoms with van der Waals surface area (Å²) in [5.41, 5.74) is -0.0876. The summed E-state index contributed by atoms with van der Waals surface area (Å²) in [6.07, 6.45) is 9.56. The van der Waals surface area contributed by atoms with Crippen LogP contribution in [0.4, 0.5) is 0 Å². The van der Waals surface area contributed by atoms with E-state index < -0.39 is 5.63 Å². The molecule has 0 aliphatic rings. The van der Waals surface area contributed by atoms with Crippen LogP contribution in [-0.4, -0.2) is 19.8 Å². The molecule has 0 fully saturated rings. The first-order valence-electron chi connectivity index (χ1n) is 10.5. The highest BCUT2D eigenvalue weighted by atomic mass is 16.5. The summed E-state index contributed by atoms with van der Waals surface area (Å²) in [5, 5.41) is 0.629. The monoisotopic (exact) mass is 390 g/mol. The maximum atomic E-state index is 12.5. The Labute approximate surface area is 168 Å². The van der Waals surface area contributed by atoms with E-state index >= 15 is 0 Å². The number of methoxy groups -OCH3 is 1. The molecule has 0 aliphatic carbocycles. The van der Waals surface area contributed by atoms with Crippen molar-refractivity contribution in [2.45, 2.75) is 78.2 Å². The van der Waals surface area contributed by atoms with Gasteiger partial charge >= 0.3 is 5.63 Å². The van der Waals surface area contributed by atoms with Gasteiger partial charge in [-0.15, -0.1) is 0 Å². The van der Waals surface area contributed by atoms with Crippen molar-refractivity contribution in [2.75, 3.05) is 13.7 Å². The van der Waals surface area contributed by atoms with Crippen LogP contribution in [0.5, 0.6) is 17.2 Å². The van der Waals surface area contributed by atoms with Crippen LogP contribution >= 0.6 is 0 Å². The molecule has 0 unspecified atom stereocenters. The average Bonchev–Trinajstić information content (AvgIpc) is 2.67. The summed E-state index contributed by atoms with van der Waals surface area (Å²) >= 11 is 0. The maximum Gasteiger partial charge on any atom is 0.383 e. The van der Waals surface area contributed by atoms with Gasteiger partial charge in [0.05, 0.1) is 19.8 Å². The van der Waals surface area contributed by atoms with E-state index in [2.05, 4.69) is 6.92 Å². The van der Waals surface area contributed by atoms with E-state index in [1.165, 1.54) is 38.5 Å². The number of unbranched alkanes of at least 4 members (excludes halogenated alkanes) is 7. The van der Waals surface area contributed by atoms with Gasteiger partial charge in [0.2, 0.25) is 5.75 Å². The van der Waals surface area contributed by atoms with E-state index in [0.29, 0.717) is 29.1 Å². The van der Waals surface area contributed by atoms with Gasteiger partial charge in [-0.1, -0.05) is 57.9 Å². The minimum atomic E-state index is -0.518. The van der Waals surface area contributed by atoms with E-state index in [9.17, 15) is 4.79 Å². The second-order valence-electron chi connectivity index (χ2n) is 7.37. The third-order valence-corrected chi connectivity index (χ3v) is 4.63. The van der Waals surface area contributed by atoms with Gasteiger partial charge in [-0.2, -0.15) is 0 Å². The molecule has 0 amide bonds. The first kappa shape index (κ1) is 22.1. The third kappa shape index (κ3) is 6.18. The Bertz CT molecular complexity index is 778. The highest BCUT2D eigenvalue weighted by molar-refractivity contribution is 5.91. The molecule has 1 aromatic heterocycles. The summed E-state index contributed by atoms with van der Waals surface area (Å²) in [7, 11) is 1.58. The molecule has 0 saturated carbocycles. The Morgan fingerprint density at radius 2 is 1.64 bits per heavy atom. The minimum absolute atomic E-state index is 0.111. The Kier molecular flexibility index (Phi) is 9.18. The van der Waals surface area contributed by atoms with Crippen LogP contribution in [0.15, 0.2) is 27.4 Å². The molecule has 0 radical (unpaired) electrons. The third-order valence-electron chi connectivity index (χ3n) is 4.63. The van der Waals surface area contributed by atoms with Crippen molar-refractivity contribution in [3.8, 4) is 17.2 Å². The second kappa shape index (κ2) is 11.6. The first-order chi connectivity index (χ1) is 13.6. The van der Waals surface area contributed by atoms with Crippen LogP contribution in [0.3, 0.4) is 0 Å². The lowest BCUT2D eigenvalue weighted by atomic mass is 10.1. The van der Waals surface area contributed by atoms with Crippen LogP contribution in [0.2, 0.25) is 0 Å². The molecule has 0 atom stereocenters. The molecule has 28 heavy (non-hydrogen) atoms. The Morgan fingerprint density at radius 3 is 2.29 bits per heavy atom. The number of hydrogen-bond acceptors (Lipinski definition) is 5. The minimum Gasteiger partial charge on any atom is -0.496 e. The molecule has 156 valence electrons. The number of hydrogen-bond donors (Lipinski definition) is 0. The van der Waals surface area contributed by atoms with Gasteiger partial charge in [0, 0.05) is 0 Å². The molecule has 0 N–H and O–H groups in total. The van der Waals surface area contributed by atoms with Crippen molar-refractivity contribution in [3.05, 3.63) is 28.6 Å². The molecular weight excluding hydrogens is 356 g/mol. The quantitative estimate of drug-likeness (QED) is 0.305. The van der Waals surface area contributed by atoms with Crippen molar-refractivity contribution >= 4 is 11.0 Å². The summed E-state index contributed by atoms with van der Waals surface area (Å²) in [6, 6.07) is 5.33. The van der Waals surface area contributed by atoms with Crippen molar-refractivity contribution in [1.82, 2.24) is 0 Å². The number of ether oxygens (including phenoxy) is 3. The summed E-state index contributed by atoms with van der Waals surface area (Å²) < 4.78 is 22.7. The number of benzene rings is 1. The predicted molar refractivity (Wildman–Crippen MR) is 113 cm³/mol. The average molecular weight is 391 g/mol. The standard InChI is InChI=1S/C23H34O5/c1-5-6-7-8-9-10-11-12-16-26-22-21(27-17(2)3)20-18(25-4)14-13-15-19(20)28-23(22)24/h13-15,17H,5-12,16H2,1-4H3. The van der Waals surface area contributed by atoms with Crippen LogP contribution in [-0.2, 0) is 0 Å². The molecular formula is C23H34O5. The molecule has 1 aromatic carbocycles. The van der Waals surface area contributed by atoms with Gasteiger partial charge in [-0.25, -0.2) is 4.79 Å². The van der Waals surface area contributed by atoms with E-state index in [4.69, 9.17) is 18.6 Å². The van der Waals surface area contributed by atoms with E-state index in [1.807, 2.05) is 19.9 Å². The molecule has 2 aromatic rings. The van der Waals surface area contributed by atoms with Crippen LogP contribution < -0.4 is 19.8 Å². The fourth-order valence-corrected chi connectivity index (χ4v) is 3.23. The van der Waals surface area contributed by atoms with Crippen molar-refractivity contribution in [3.63, 3.8) is 0 Å². The molecule has 2 rings (SSSR count). The molecule has 0 aliphatic heterocycles. The largest absolute Gasteiger partial charge is 0.496 e. The lowest BCUT2D eigenvalue weighted by molar-refractivity contribution is 0.215. The molecule has 0 spiro atoms. The lowest BCUT2D eigenvalue weighted by Crippen LogP contribution is -2.14. The van der Waals surface area contributed by atoms with Crippen molar-refractivity contribution in [1.29, 1.82) is 0 Å². The Morgan fingerprint density at radius 1 is 0.964 bits per heavy atom. The second-order valence-corrected chi connectivity index (χ2v) is 7.37. The van der Waals surface area contributed by atoms with Gasteiger partial charge in [-0.3, -0.25) is 0 Å². The molecule has 1 heterocycles. The van der Waals surface area contributed by atoms with Gasteiger partial charge in [0.1, 0.15) is 16.7 Å². The highest BCUT2D eigenvalue weighted by Crippen LogP contribution is 2.39. The summed E-state index contributed by atoms with van der Waals surface area (Å²) in [5.74, 6) is 1.13. The smallest absolute Gasteiger partial charge is 0.383 e. The van der Waals surface area contributed by atoms with Crippen LogP contribution in [0, 0.1) is 0 Å². The zero-order chi connectivity index (χ0) is 20.4. The molecule has 0 bridgehead atoms. The maximum absolute atomic E-state index is 12.5. The van der Waals surface area contributed by atoms with Gasteiger partial charge in [0.25, 0.3) is 0 Å². The Hall–Kier alpha value is -2.17. The molecule has 5 nitrogen and oxygen atoms in total. The Balaban J connectivity index is 2.06. The van der Waals surface area contributed by atoms with E-state index in [0.717, 1.165) is 12.8 Å². The van der Waals surface area contributed by atoms with Crippen LogP contribution in [0.25, 0.3) is 11.0 Å². The highest BCUT2D eigenvalue weighted by Gasteiger charge is 2.21. The molecule has 5 heteroatoms. The predicted octanol–water partition coefficient (Wildman–Crippen LogP) is 6.11. The van der Waals surface area contributed by atoms with Gasteiger partial charge in [-0.05, 0) is 32.4 Å². The zero-order valence-electron chi connectivity index (χ0n) is 17.7. The van der Waals surface area contributed by atoms with Gasteiger partial charge < -0.3 is 18.6 Å². The van der Waals surface area contributed by atoms with Crippen LogP contribution in [0.1, 0.15) is 72.1 Å². The SMILES string of the molecule is CCCCCCCCCCOc1c(OC(C)C)c2c(OC)cccc2oc1=O. The summed E-state index contributed by atoms with van der Waals surface area (Å²) in [6.45, 7) is 6.53. The number of rotatable bonds is 13. The van der Waals surface area contributed by atoms with Gasteiger partial charge in [0.15, 0.2) is 5.75 Å². The van der Waals surface area contributed by atoms with E-state index in [-0.39, 0.29) is 11.9 Å². The normalized spacial score (nSPS) is 11.2. The van der Waals surface area contributed by atoms with Crippen molar-refractivity contribution in [2.24, 2.45) is 0 Å². The lowest BCUT2D eigenvalue weighted by Gasteiger charge is -2.17. The molecule has 0 saturated heterocycles. The first-order valence-corrected chi connectivity index (χ1v) is 10.5. The summed E-state index contributed by atoms with van der Waals surface area (Å²) in [4.78, 5) is 12.5. The fourth-order valence-electron chi connectivity index (χ4n) is 3.23.